The molecule has 3 saturated carbocycles. The highest BCUT2D eigenvalue weighted by atomic mass is 16.5. The average Bonchev–Trinajstić information content (AvgIpc) is 3.02. The quantitative estimate of drug-likeness (QED) is 0.251. The van der Waals surface area contributed by atoms with Crippen LogP contribution in [-0.4, -0.2) is 23.0 Å². The van der Waals surface area contributed by atoms with Gasteiger partial charge in [0.15, 0.2) is 0 Å². The summed E-state index contributed by atoms with van der Waals surface area (Å²) in [5.74, 6) is 3.94. The van der Waals surface area contributed by atoms with E-state index in [4.69, 9.17) is 19.4 Å². The molecule has 46 heavy (non-hydrogen) atoms. The molecule has 7 rings (SSSR count). The van der Waals surface area contributed by atoms with Gasteiger partial charge in [-0.25, -0.2) is 4.98 Å². The van der Waals surface area contributed by atoms with Crippen molar-refractivity contribution in [2.75, 3.05) is 7.11 Å². The minimum absolute atomic E-state index is 0.0408. The Morgan fingerprint density at radius 2 is 1.67 bits per heavy atom. The third kappa shape index (κ3) is 4.21. The third-order valence-corrected chi connectivity index (χ3v) is 15.2. The molecule has 5 heteroatoms. The number of esters is 1. The molecule has 0 aliphatic heterocycles. The summed E-state index contributed by atoms with van der Waals surface area (Å²) < 4.78 is 12.2. The molecule has 0 unspecified atom stereocenters. The van der Waals surface area contributed by atoms with E-state index < -0.39 is 5.41 Å². The van der Waals surface area contributed by atoms with Crippen LogP contribution in [-0.2, 0) is 28.0 Å². The van der Waals surface area contributed by atoms with Crippen LogP contribution in [0.2, 0.25) is 0 Å². The summed E-state index contributed by atoms with van der Waals surface area (Å²) >= 11 is 0. The second-order valence-electron chi connectivity index (χ2n) is 17.4. The number of aromatic nitrogens is 2. The Morgan fingerprint density at radius 1 is 0.935 bits per heavy atom. The van der Waals surface area contributed by atoms with Gasteiger partial charge < -0.3 is 9.47 Å². The predicted molar refractivity (Wildman–Crippen MR) is 182 cm³/mol. The topological polar surface area (TPSA) is 61.3 Å². The summed E-state index contributed by atoms with van der Waals surface area (Å²) in [4.78, 5) is 24.2. The summed E-state index contributed by atoms with van der Waals surface area (Å²) in [5, 5.41) is 0. The Kier molecular flexibility index (Phi) is 7.39. The molecule has 5 nitrogen and oxygen atoms in total. The first-order valence-corrected chi connectivity index (χ1v) is 18.1. The van der Waals surface area contributed by atoms with E-state index in [9.17, 15) is 4.79 Å². The summed E-state index contributed by atoms with van der Waals surface area (Å²) in [6.45, 7) is 19.9. The van der Waals surface area contributed by atoms with Crippen LogP contribution in [0.25, 0.3) is 0 Å². The number of hydrogen-bond acceptors (Lipinski definition) is 5. The molecule has 0 N–H and O–H groups in total. The van der Waals surface area contributed by atoms with E-state index in [0.29, 0.717) is 30.3 Å². The Balaban J connectivity index is 1.29. The first kappa shape index (κ1) is 31.9. The van der Waals surface area contributed by atoms with Crippen molar-refractivity contribution in [1.82, 2.24) is 9.97 Å². The van der Waals surface area contributed by atoms with Gasteiger partial charge in [-0.05, 0) is 110 Å². The van der Waals surface area contributed by atoms with Crippen LogP contribution in [0, 0.1) is 58.2 Å². The molecule has 0 saturated heterocycles. The van der Waals surface area contributed by atoms with Gasteiger partial charge in [-0.1, -0.05) is 90.4 Å². The van der Waals surface area contributed by atoms with Crippen LogP contribution in [0.3, 0.4) is 0 Å². The van der Waals surface area contributed by atoms with E-state index in [2.05, 4.69) is 66.7 Å². The Bertz CT molecular complexity index is 1560. The lowest BCUT2D eigenvalue weighted by atomic mass is 9.33. The number of ether oxygens (including phenoxy) is 2. The highest BCUT2D eigenvalue weighted by Crippen LogP contribution is 2.75. The van der Waals surface area contributed by atoms with Crippen molar-refractivity contribution in [1.29, 1.82) is 0 Å². The summed E-state index contributed by atoms with van der Waals surface area (Å²) in [7, 11) is 1.76. The number of aryl methyl sites for hydroxylation is 1. The zero-order chi connectivity index (χ0) is 32.9. The van der Waals surface area contributed by atoms with E-state index >= 15 is 0 Å². The Hall–Kier alpha value is -2.69. The van der Waals surface area contributed by atoms with Crippen LogP contribution < -0.4 is 4.74 Å². The van der Waals surface area contributed by atoms with Crippen molar-refractivity contribution in [3.8, 4) is 5.88 Å². The van der Waals surface area contributed by atoms with E-state index in [-0.39, 0.29) is 33.5 Å². The maximum atomic E-state index is 14.4. The normalized spacial score (nSPS) is 40.6. The molecule has 9 atom stereocenters. The zero-order valence-corrected chi connectivity index (χ0v) is 29.8. The van der Waals surface area contributed by atoms with Gasteiger partial charge in [0.2, 0.25) is 5.88 Å². The molecule has 0 bridgehead atoms. The molecule has 1 aromatic heterocycles. The number of benzene rings is 1. The Labute approximate surface area is 277 Å². The van der Waals surface area contributed by atoms with Crippen LogP contribution in [0.1, 0.15) is 116 Å². The lowest BCUT2D eigenvalue weighted by Gasteiger charge is -2.70. The maximum absolute atomic E-state index is 14.4. The van der Waals surface area contributed by atoms with E-state index in [1.807, 2.05) is 25.1 Å². The maximum Gasteiger partial charge on any atom is 0.313 e. The molecule has 0 spiro atoms. The van der Waals surface area contributed by atoms with Crippen molar-refractivity contribution in [2.45, 2.75) is 119 Å². The number of carbonyl (C=O) groups excluding carboxylic acids is 1. The van der Waals surface area contributed by atoms with Crippen LogP contribution >= 0.6 is 0 Å². The van der Waals surface area contributed by atoms with Gasteiger partial charge in [0.25, 0.3) is 0 Å². The predicted octanol–water partition coefficient (Wildman–Crippen LogP) is 9.21. The molecule has 5 aliphatic rings. The smallest absolute Gasteiger partial charge is 0.313 e. The Morgan fingerprint density at radius 3 is 2.39 bits per heavy atom. The number of rotatable bonds is 4. The minimum Gasteiger partial charge on any atom is -0.481 e. The summed E-state index contributed by atoms with van der Waals surface area (Å²) in [6.07, 6.45) is 11.1. The van der Waals surface area contributed by atoms with Crippen molar-refractivity contribution in [3.05, 3.63) is 64.6 Å². The number of carbonyl (C=O) groups is 1. The molecule has 3 fully saturated rings. The lowest BCUT2D eigenvalue weighted by Crippen LogP contribution is -2.65. The minimum atomic E-state index is -0.426. The molecular formula is C41H56N2O3. The van der Waals surface area contributed by atoms with Crippen LogP contribution in [0.5, 0.6) is 5.88 Å². The number of nitrogens with zero attached hydrogens (tertiary/aromatic N) is 2. The van der Waals surface area contributed by atoms with E-state index in [1.165, 1.54) is 24.1 Å². The molecule has 5 aliphatic carbocycles. The van der Waals surface area contributed by atoms with Gasteiger partial charge in [0.1, 0.15) is 12.4 Å². The van der Waals surface area contributed by atoms with Gasteiger partial charge >= 0.3 is 5.97 Å². The molecule has 2 aromatic rings. The molecule has 1 aromatic carbocycles. The first-order valence-electron chi connectivity index (χ1n) is 18.1. The summed E-state index contributed by atoms with van der Waals surface area (Å²) in [6, 6.07) is 10.2. The van der Waals surface area contributed by atoms with Crippen molar-refractivity contribution < 1.29 is 14.3 Å². The molecule has 0 radical (unpaired) electrons. The monoisotopic (exact) mass is 624 g/mol. The highest BCUT2D eigenvalue weighted by molar-refractivity contribution is 5.79. The van der Waals surface area contributed by atoms with Crippen molar-refractivity contribution in [2.24, 2.45) is 51.2 Å². The fourth-order valence-corrected chi connectivity index (χ4v) is 12.5. The van der Waals surface area contributed by atoms with Crippen molar-refractivity contribution >= 4 is 5.97 Å². The van der Waals surface area contributed by atoms with Gasteiger partial charge in [-0.2, -0.15) is 4.98 Å². The molecule has 248 valence electrons. The number of allylic oxidation sites excluding steroid dienone is 2. The zero-order valence-electron chi connectivity index (χ0n) is 29.8. The second kappa shape index (κ2) is 10.7. The van der Waals surface area contributed by atoms with Crippen molar-refractivity contribution in [3.63, 3.8) is 0 Å². The van der Waals surface area contributed by atoms with E-state index in [0.717, 1.165) is 55.8 Å². The van der Waals surface area contributed by atoms with Crippen LogP contribution in [0.15, 0.2) is 42.0 Å². The first-order chi connectivity index (χ1) is 21.7. The summed E-state index contributed by atoms with van der Waals surface area (Å²) in [5.41, 5.74) is 4.85. The van der Waals surface area contributed by atoms with Gasteiger partial charge in [-0.15, -0.1) is 0 Å². The van der Waals surface area contributed by atoms with Gasteiger partial charge in [0.05, 0.1) is 18.2 Å². The molecule has 0 amide bonds. The number of hydrogen-bond donors (Lipinski definition) is 0. The fourth-order valence-electron chi connectivity index (χ4n) is 12.5. The highest BCUT2D eigenvalue weighted by Gasteiger charge is 2.69. The van der Waals surface area contributed by atoms with Gasteiger partial charge in [0, 0.05) is 11.0 Å². The fraction of sp³-hybridized carbons (Fsp3) is 0.683. The molecule has 1 heterocycles. The number of fused-ring (bicyclic) bond motifs is 8. The largest absolute Gasteiger partial charge is 0.481 e. The number of methoxy groups -OCH3 is 1. The second-order valence-corrected chi connectivity index (χ2v) is 17.4. The third-order valence-electron chi connectivity index (χ3n) is 15.2. The van der Waals surface area contributed by atoms with E-state index in [1.54, 1.807) is 12.7 Å². The van der Waals surface area contributed by atoms with Crippen LogP contribution in [0.4, 0.5) is 0 Å². The van der Waals surface area contributed by atoms with Gasteiger partial charge in [-0.3, -0.25) is 4.79 Å². The molecular weight excluding hydrogens is 568 g/mol. The average molecular weight is 625 g/mol. The lowest BCUT2D eigenvalue weighted by molar-refractivity contribution is -0.184. The SMILES string of the molecule is COc1nc(C)nc2c1C[C@]1(C)[C@H](CC[C@@]3(C)[C@H]1CC=C1[C@@H]4[C@@H](C)[C@@H](C)CC[C@]4(C(=O)OCc4ccccc4)CC[C@]13C)C2(C)C. The standard InChI is InChI=1S/C41H56N2O3/c1-25-17-20-41(36(44)46-24-28-13-11-10-12-14-28)22-21-39(7)30(33(41)26(25)2)15-16-32-38(6)23-29-34(42-27(3)43-35(29)45-9)37(4,5)31(38)18-19-40(32,39)8/h10-15,25-26,31-33H,16-24H2,1-9H3/t25-,26-,31+,32-,33-,38+,39+,40-,41-/m0/s1.